The molecule has 3 nitrogen and oxygen atoms in total. The molecule has 29 heavy (non-hydrogen) atoms. The van der Waals surface area contributed by atoms with E-state index in [0.29, 0.717) is 27.1 Å². The minimum Gasteiger partial charge on any atom is -0.493 e. The highest BCUT2D eigenvalue weighted by atomic mass is 79.9. The summed E-state index contributed by atoms with van der Waals surface area (Å²) in [5.74, 6) is -0.0207. The number of nitriles is 1. The third kappa shape index (κ3) is 4.82. The van der Waals surface area contributed by atoms with E-state index in [-0.39, 0.29) is 23.6 Å². The summed E-state index contributed by atoms with van der Waals surface area (Å²) in [6.07, 6.45) is 1.56. The number of hydrogen-bond donors (Lipinski definition) is 0. The van der Waals surface area contributed by atoms with Crippen LogP contribution in [0.5, 0.6) is 11.5 Å². The molecule has 0 radical (unpaired) electrons. The molecular weight excluding hydrogens is 440 g/mol. The van der Waals surface area contributed by atoms with Crippen molar-refractivity contribution >= 4 is 27.6 Å². The first-order valence-corrected chi connectivity index (χ1v) is 9.43. The molecule has 3 aromatic carbocycles. The lowest BCUT2D eigenvalue weighted by Crippen LogP contribution is -2.00. The Bertz CT molecular complexity index is 1110. The van der Waals surface area contributed by atoms with Gasteiger partial charge in [0.2, 0.25) is 0 Å². The third-order valence-corrected chi connectivity index (χ3v) is 4.90. The van der Waals surface area contributed by atoms with Gasteiger partial charge in [-0.3, -0.25) is 0 Å². The Hall–Kier alpha value is -3.17. The lowest BCUT2D eigenvalue weighted by atomic mass is 10.0. The van der Waals surface area contributed by atoms with Crippen molar-refractivity contribution in [3.8, 4) is 17.6 Å². The molecule has 0 N–H and O–H groups in total. The topological polar surface area (TPSA) is 42.2 Å². The Morgan fingerprint density at radius 3 is 2.38 bits per heavy atom. The zero-order chi connectivity index (χ0) is 20.8. The van der Waals surface area contributed by atoms with Crippen molar-refractivity contribution in [3.05, 3.63) is 93.5 Å². The molecule has 0 aliphatic heterocycles. The molecule has 0 spiro atoms. The average Bonchev–Trinajstić information content (AvgIpc) is 2.73. The van der Waals surface area contributed by atoms with Gasteiger partial charge in [0.1, 0.15) is 18.2 Å². The van der Waals surface area contributed by atoms with Crippen LogP contribution < -0.4 is 9.47 Å². The van der Waals surface area contributed by atoms with Crippen molar-refractivity contribution in [1.29, 1.82) is 5.26 Å². The fraction of sp³-hybridized carbons (Fsp3) is 0.0870. The first-order chi connectivity index (χ1) is 14.0. The van der Waals surface area contributed by atoms with Gasteiger partial charge >= 0.3 is 0 Å². The van der Waals surface area contributed by atoms with Gasteiger partial charge in [0.25, 0.3) is 0 Å². The molecule has 0 atom stereocenters. The summed E-state index contributed by atoms with van der Waals surface area (Å²) in [5.41, 5.74) is 1.41. The van der Waals surface area contributed by atoms with Crippen LogP contribution in [0.1, 0.15) is 16.7 Å². The van der Waals surface area contributed by atoms with Crippen LogP contribution in [0, 0.1) is 23.0 Å². The van der Waals surface area contributed by atoms with Gasteiger partial charge in [0, 0.05) is 15.6 Å². The number of methoxy groups -OCH3 is 1. The lowest BCUT2D eigenvalue weighted by molar-refractivity contribution is 0.279. The number of benzene rings is 3. The van der Waals surface area contributed by atoms with Gasteiger partial charge in [-0.15, -0.1) is 0 Å². The Morgan fingerprint density at radius 1 is 1.03 bits per heavy atom. The minimum atomic E-state index is -0.478. The number of ether oxygens (including phenoxy) is 2. The average molecular weight is 456 g/mol. The van der Waals surface area contributed by atoms with Gasteiger partial charge in [-0.05, 0) is 35.9 Å². The predicted octanol–water partition coefficient (Wildman–Crippen LogP) is 6.38. The van der Waals surface area contributed by atoms with Crippen molar-refractivity contribution in [2.24, 2.45) is 0 Å². The molecule has 0 fully saturated rings. The highest BCUT2D eigenvalue weighted by Crippen LogP contribution is 2.36. The van der Waals surface area contributed by atoms with E-state index in [4.69, 9.17) is 9.47 Å². The SMILES string of the molecule is COc1cc(/C=C(/C#N)c2ccccc2F)c(Br)cc1OCc1ccccc1F. The van der Waals surface area contributed by atoms with Crippen LogP contribution in [-0.2, 0) is 6.61 Å². The van der Waals surface area contributed by atoms with Crippen molar-refractivity contribution in [2.75, 3.05) is 7.11 Å². The van der Waals surface area contributed by atoms with E-state index < -0.39 is 5.82 Å². The quantitative estimate of drug-likeness (QED) is 0.319. The fourth-order valence-corrected chi connectivity index (χ4v) is 3.15. The molecule has 146 valence electrons. The first kappa shape index (κ1) is 20.6. The van der Waals surface area contributed by atoms with E-state index in [1.54, 1.807) is 54.6 Å². The zero-order valence-corrected chi connectivity index (χ0v) is 17.0. The second kappa shape index (κ2) is 9.35. The predicted molar refractivity (Wildman–Crippen MR) is 111 cm³/mol. The van der Waals surface area contributed by atoms with Gasteiger partial charge in [-0.2, -0.15) is 5.26 Å². The molecule has 0 amide bonds. The van der Waals surface area contributed by atoms with E-state index in [1.165, 1.54) is 19.2 Å². The second-order valence-corrected chi connectivity index (χ2v) is 6.91. The summed E-state index contributed by atoms with van der Waals surface area (Å²) in [6, 6.07) is 17.8. The third-order valence-electron chi connectivity index (χ3n) is 4.21. The number of halogens is 3. The lowest BCUT2D eigenvalue weighted by Gasteiger charge is -2.13. The van der Waals surface area contributed by atoms with Gasteiger partial charge in [0.15, 0.2) is 11.5 Å². The highest BCUT2D eigenvalue weighted by Gasteiger charge is 2.13. The molecule has 0 aliphatic carbocycles. The molecular formula is C23H16BrF2NO2. The molecule has 0 heterocycles. The Morgan fingerprint density at radius 2 is 1.72 bits per heavy atom. The maximum atomic E-state index is 14.1. The van der Waals surface area contributed by atoms with Gasteiger partial charge in [-0.25, -0.2) is 8.78 Å². The van der Waals surface area contributed by atoms with E-state index in [0.717, 1.165) is 0 Å². The van der Waals surface area contributed by atoms with Crippen molar-refractivity contribution in [3.63, 3.8) is 0 Å². The van der Waals surface area contributed by atoms with Crippen molar-refractivity contribution < 1.29 is 18.3 Å². The molecule has 0 bridgehead atoms. The molecule has 0 unspecified atom stereocenters. The Kier molecular flexibility index (Phi) is 6.63. The highest BCUT2D eigenvalue weighted by molar-refractivity contribution is 9.10. The fourth-order valence-electron chi connectivity index (χ4n) is 2.71. The van der Waals surface area contributed by atoms with E-state index >= 15 is 0 Å². The number of allylic oxidation sites excluding steroid dienone is 1. The normalized spacial score (nSPS) is 11.1. The van der Waals surface area contributed by atoms with Crippen LogP contribution in [-0.4, -0.2) is 7.11 Å². The maximum Gasteiger partial charge on any atom is 0.162 e. The largest absolute Gasteiger partial charge is 0.493 e. The second-order valence-electron chi connectivity index (χ2n) is 6.05. The Labute approximate surface area is 175 Å². The molecule has 3 rings (SSSR count). The Balaban J connectivity index is 1.93. The molecule has 0 saturated carbocycles. The number of hydrogen-bond acceptors (Lipinski definition) is 3. The summed E-state index contributed by atoms with van der Waals surface area (Å²) in [4.78, 5) is 0. The molecule has 0 saturated heterocycles. The van der Waals surface area contributed by atoms with E-state index in [1.807, 2.05) is 6.07 Å². The monoisotopic (exact) mass is 455 g/mol. The van der Waals surface area contributed by atoms with Crippen molar-refractivity contribution in [1.82, 2.24) is 0 Å². The van der Waals surface area contributed by atoms with Crippen LogP contribution in [0.15, 0.2) is 65.1 Å². The summed E-state index contributed by atoms with van der Waals surface area (Å²) in [6.45, 7) is 0.0311. The zero-order valence-electron chi connectivity index (χ0n) is 15.5. The molecule has 6 heteroatoms. The van der Waals surface area contributed by atoms with Crippen LogP contribution in [0.25, 0.3) is 11.6 Å². The molecule has 0 aliphatic rings. The van der Waals surface area contributed by atoms with Crippen LogP contribution in [0.4, 0.5) is 8.78 Å². The first-order valence-electron chi connectivity index (χ1n) is 8.64. The summed E-state index contributed by atoms with van der Waals surface area (Å²) < 4.78 is 39.6. The van der Waals surface area contributed by atoms with Crippen LogP contribution in [0.3, 0.4) is 0 Å². The van der Waals surface area contributed by atoms with Crippen LogP contribution >= 0.6 is 15.9 Å². The van der Waals surface area contributed by atoms with E-state index in [2.05, 4.69) is 15.9 Å². The standard InChI is InChI=1S/C23H16BrF2NO2/c1-28-22-11-16(10-17(13-27)18-7-3-5-9-21(18)26)19(24)12-23(22)29-14-15-6-2-4-8-20(15)25/h2-12H,14H2,1H3/b17-10-. The van der Waals surface area contributed by atoms with E-state index in [9.17, 15) is 14.0 Å². The number of rotatable bonds is 6. The molecule has 0 aromatic heterocycles. The summed E-state index contributed by atoms with van der Waals surface area (Å²) in [7, 11) is 1.48. The smallest absolute Gasteiger partial charge is 0.162 e. The van der Waals surface area contributed by atoms with Crippen molar-refractivity contribution in [2.45, 2.75) is 6.61 Å². The summed E-state index contributed by atoms with van der Waals surface area (Å²) >= 11 is 3.44. The maximum absolute atomic E-state index is 14.1. The molecule has 3 aromatic rings. The van der Waals surface area contributed by atoms with Gasteiger partial charge in [-0.1, -0.05) is 52.3 Å². The van der Waals surface area contributed by atoms with Gasteiger partial charge in [0.05, 0.1) is 18.8 Å². The van der Waals surface area contributed by atoms with Crippen LogP contribution in [0.2, 0.25) is 0 Å². The summed E-state index contributed by atoms with van der Waals surface area (Å²) in [5, 5.41) is 9.48. The number of nitrogens with zero attached hydrogens (tertiary/aromatic N) is 1. The van der Waals surface area contributed by atoms with Gasteiger partial charge < -0.3 is 9.47 Å². The minimum absolute atomic E-state index is 0.0311.